The Morgan fingerprint density at radius 3 is 2.29 bits per heavy atom. The van der Waals surface area contributed by atoms with Crippen LogP contribution in [0.15, 0.2) is 54.6 Å². The topological polar surface area (TPSA) is 146 Å². The molecule has 2 aromatic rings. The van der Waals surface area contributed by atoms with E-state index in [1.165, 1.54) is 5.56 Å². The molecule has 0 saturated carbocycles. The Morgan fingerprint density at radius 2 is 1.65 bits per heavy atom. The molecule has 184 valence electrons. The number of hydrogen-bond acceptors (Lipinski definition) is 5. The van der Waals surface area contributed by atoms with Crippen molar-refractivity contribution >= 4 is 17.6 Å². The number of carbonyl (C=O) groups is 2. The van der Waals surface area contributed by atoms with Crippen molar-refractivity contribution < 1.29 is 9.59 Å². The van der Waals surface area contributed by atoms with Crippen LogP contribution in [0.4, 0.5) is 0 Å². The number of unbranched alkanes of at least 4 members (excludes halogenated alkanes) is 2. The van der Waals surface area contributed by atoms with E-state index in [1.54, 1.807) is 19.1 Å². The number of amidine groups is 1. The third kappa shape index (κ3) is 9.72. The van der Waals surface area contributed by atoms with Gasteiger partial charge in [0.2, 0.25) is 11.8 Å². The Hall–Kier alpha value is -3.23. The largest absolute Gasteiger partial charge is 0.384 e. The molecule has 0 fully saturated rings. The number of carbonyl (C=O) groups excluding carboxylic acids is 2. The van der Waals surface area contributed by atoms with Crippen molar-refractivity contribution in [3.8, 4) is 0 Å². The third-order valence-electron chi connectivity index (χ3n) is 5.64. The second-order valence-electron chi connectivity index (χ2n) is 8.44. The number of nitrogens with one attached hydrogen (secondary N) is 4. The van der Waals surface area contributed by atoms with Gasteiger partial charge in [-0.3, -0.25) is 15.0 Å². The molecule has 8 nitrogen and oxygen atoms in total. The summed E-state index contributed by atoms with van der Waals surface area (Å²) in [6, 6.07) is 16.1. The van der Waals surface area contributed by atoms with E-state index in [9.17, 15) is 9.59 Å². The monoisotopic (exact) mass is 466 g/mol. The lowest BCUT2D eigenvalue weighted by Crippen LogP contribution is -2.51. The first-order valence-corrected chi connectivity index (χ1v) is 11.9. The second-order valence-corrected chi connectivity index (χ2v) is 8.44. The van der Waals surface area contributed by atoms with Crippen LogP contribution < -0.4 is 27.4 Å². The van der Waals surface area contributed by atoms with Gasteiger partial charge < -0.3 is 27.4 Å². The fraction of sp³-hybridized carbons (Fsp3) is 0.423. The third-order valence-corrected chi connectivity index (χ3v) is 5.64. The molecule has 0 aliphatic carbocycles. The minimum Gasteiger partial charge on any atom is -0.384 e. The number of benzene rings is 2. The summed E-state index contributed by atoms with van der Waals surface area (Å²) in [6.45, 7) is 3.41. The first-order valence-electron chi connectivity index (χ1n) is 11.9. The van der Waals surface area contributed by atoms with Gasteiger partial charge in [-0.05, 0) is 56.8 Å². The molecular weight excluding hydrogens is 428 g/mol. The molecule has 0 unspecified atom stereocenters. The molecule has 0 aliphatic heterocycles. The summed E-state index contributed by atoms with van der Waals surface area (Å²) in [5, 5.41) is 16.5. The summed E-state index contributed by atoms with van der Waals surface area (Å²) in [4.78, 5) is 25.5. The van der Waals surface area contributed by atoms with Crippen LogP contribution in [0.1, 0.15) is 49.3 Å². The lowest BCUT2D eigenvalue weighted by molar-refractivity contribution is -0.129. The highest BCUT2D eigenvalue weighted by Gasteiger charge is 2.22. The molecule has 0 heterocycles. The first-order chi connectivity index (χ1) is 16.4. The fourth-order valence-corrected chi connectivity index (χ4v) is 3.53. The Morgan fingerprint density at radius 1 is 0.941 bits per heavy atom. The maximum absolute atomic E-state index is 13.0. The number of nitrogens with two attached hydrogens (primary N) is 2. The van der Waals surface area contributed by atoms with E-state index < -0.39 is 6.04 Å². The van der Waals surface area contributed by atoms with Crippen molar-refractivity contribution in [1.29, 1.82) is 5.41 Å². The van der Waals surface area contributed by atoms with Crippen molar-refractivity contribution in [1.82, 2.24) is 16.0 Å². The predicted octanol–water partition coefficient (Wildman–Crippen LogP) is 1.81. The van der Waals surface area contributed by atoms with E-state index in [1.807, 2.05) is 30.3 Å². The summed E-state index contributed by atoms with van der Waals surface area (Å²) in [5.41, 5.74) is 13.7. The van der Waals surface area contributed by atoms with Crippen LogP contribution in [-0.2, 0) is 22.6 Å². The summed E-state index contributed by atoms with van der Waals surface area (Å²) in [6.07, 6.45) is 4.35. The van der Waals surface area contributed by atoms with E-state index in [0.717, 1.165) is 37.8 Å². The quantitative estimate of drug-likeness (QED) is 0.135. The van der Waals surface area contributed by atoms with Gasteiger partial charge in [-0.2, -0.15) is 0 Å². The zero-order valence-electron chi connectivity index (χ0n) is 20.0. The van der Waals surface area contributed by atoms with Crippen LogP contribution in [0.3, 0.4) is 0 Å². The van der Waals surface area contributed by atoms with E-state index in [0.29, 0.717) is 25.1 Å². The lowest BCUT2D eigenvalue weighted by Gasteiger charge is -2.21. The second kappa shape index (κ2) is 14.8. The zero-order chi connectivity index (χ0) is 24.8. The molecule has 2 rings (SSSR count). The smallest absolute Gasteiger partial charge is 0.242 e. The van der Waals surface area contributed by atoms with Gasteiger partial charge in [-0.25, -0.2) is 0 Å². The van der Waals surface area contributed by atoms with E-state index in [-0.39, 0.29) is 23.7 Å². The zero-order valence-corrected chi connectivity index (χ0v) is 20.0. The summed E-state index contributed by atoms with van der Waals surface area (Å²) in [5.74, 6) is -0.432. The molecule has 0 bridgehead atoms. The Bertz CT molecular complexity index is 901. The number of amides is 2. The van der Waals surface area contributed by atoms with E-state index >= 15 is 0 Å². The average Bonchev–Trinajstić information content (AvgIpc) is 2.84. The fourth-order valence-electron chi connectivity index (χ4n) is 3.53. The molecule has 0 radical (unpaired) electrons. The number of rotatable bonds is 15. The van der Waals surface area contributed by atoms with E-state index in [2.05, 4.69) is 28.1 Å². The van der Waals surface area contributed by atoms with Gasteiger partial charge >= 0.3 is 0 Å². The minimum atomic E-state index is -0.665. The number of nitrogen functional groups attached to an aromatic ring is 1. The van der Waals surface area contributed by atoms with Crippen molar-refractivity contribution in [3.05, 3.63) is 71.3 Å². The van der Waals surface area contributed by atoms with Crippen LogP contribution in [0.2, 0.25) is 0 Å². The highest BCUT2D eigenvalue weighted by molar-refractivity contribution is 5.95. The molecule has 0 aromatic heterocycles. The highest BCUT2D eigenvalue weighted by atomic mass is 16.2. The summed E-state index contributed by atoms with van der Waals surface area (Å²) >= 11 is 0. The SMILES string of the molecule is C[C@H](NC(=O)[C@@H](CCc1ccccc1)NCCCCCN)C(=O)NCc1ccc(C(=N)N)cc1. The molecule has 2 atom stereocenters. The Kier molecular flexibility index (Phi) is 11.8. The molecule has 8 heteroatoms. The molecular formula is C26H38N6O2. The van der Waals surface area contributed by atoms with Gasteiger partial charge in [-0.15, -0.1) is 0 Å². The molecule has 2 amide bonds. The van der Waals surface area contributed by atoms with Gasteiger partial charge in [0, 0.05) is 12.1 Å². The minimum absolute atomic E-state index is 0.00160. The van der Waals surface area contributed by atoms with Crippen molar-refractivity contribution in [2.75, 3.05) is 13.1 Å². The number of hydrogen-bond donors (Lipinski definition) is 6. The molecule has 2 aromatic carbocycles. The Labute approximate surface area is 202 Å². The van der Waals surface area contributed by atoms with Crippen LogP contribution in [0, 0.1) is 5.41 Å². The van der Waals surface area contributed by atoms with Gasteiger partial charge in [0.1, 0.15) is 11.9 Å². The standard InChI is InChI=1S/C26H38N6O2/c1-19(25(33)31-18-21-10-13-22(14-11-21)24(28)29)32-26(34)23(30-17-7-3-6-16-27)15-12-20-8-4-2-5-9-20/h2,4-5,8-11,13-14,19,23,30H,3,6-7,12,15-18,27H2,1H3,(H3,28,29)(H,31,33)(H,32,34)/t19-,23+/m0/s1. The van der Waals surface area contributed by atoms with Crippen molar-refractivity contribution in [3.63, 3.8) is 0 Å². The highest BCUT2D eigenvalue weighted by Crippen LogP contribution is 2.07. The molecule has 0 spiro atoms. The maximum atomic E-state index is 13.0. The summed E-state index contributed by atoms with van der Waals surface area (Å²) in [7, 11) is 0. The number of aryl methyl sites for hydroxylation is 1. The molecule has 0 saturated heterocycles. The normalized spacial score (nSPS) is 12.5. The maximum Gasteiger partial charge on any atom is 0.242 e. The van der Waals surface area contributed by atoms with Crippen LogP contribution in [-0.4, -0.2) is 42.8 Å². The molecule has 34 heavy (non-hydrogen) atoms. The van der Waals surface area contributed by atoms with Crippen LogP contribution in [0.5, 0.6) is 0 Å². The van der Waals surface area contributed by atoms with Crippen molar-refractivity contribution in [2.24, 2.45) is 11.5 Å². The van der Waals surface area contributed by atoms with E-state index in [4.69, 9.17) is 16.9 Å². The van der Waals surface area contributed by atoms with Gasteiger partial charge in [0.05, 0.1) is 6.04 Å². The van der Waals surface area contributed by atoms with Crippen molar-refractivity contribution in [2.45, 2.75) is 57.7 Å². The van der Waals surface area contributed by atoms with Crippen LogP contribution in [0.25, 0.3) is 0 Å². The Balaban J connectivity index is 1.86. The average molecular weight is 467 g/mol. The predicted molar refractivity (Wildman–Crippen MR) is 136 cm³/mol. The molecule has 8 N–H and O–H groups in total. The summed E-state index contributed by atoms with van der Waals surface area (Å²) < 4.78 is 0. The molecule has 0 aliphatic rings. The lowest BCUT2D eigenvalue weighted by atomic mass is 10.0. The van der Waals surface area contributed by atoms with Crippen LogP contribution >= 0.6 is 0 Å². The van der Waals surface area contributed by atoms with Gasteiger partial charge in [-0.1, -0.05) is 61.0 Å². The first kappa shape index (κ1) is 27.0. The van der Waals surface area contributed by atoms with Gasteiger partial charge in [0.15, 0.2) is 0 Å². The van der Waals surface area contributed by atoms with Gasteiger partial charge in [0.25, 0.3) is 0 Å².